The van der Waals surface area contributed by atoms with Crippen molar-refractivity contribution in [1.82, 2.24) is 0 Å². The number of phenolic OH excluding ortho intramolecular Hbond substituents is 2. The molecule has 0 radical (unpaired) electrons. The van der Waals surface area contributed by atoms with Crippen LogP contribution < -0.4 is 0 Å². The van der Waals surface area contributed by atoms with Crippen molar-refractivity contribution in [2.45, 2.75) is 94.3 Å². The van der Waals surface area contributed by atoms with Gasteiger partial charge in [0.2, 0.25) is 0 Å². The van der Waals surface area contributed by atoms with Crippen LogP contribution in [0.4, 0.5) is 0 Å². The molecule has 0 bridgehead atoms. The van der Waals surface area contributed by atoms with Crippen LogP contribution in [0.1, 0.15) is 72.2 Å². The van der Waals surface area contributed by atoms with E-state index in [2.05, 4.69) is 93.5 Å². The maximum atomic E-state index is 11.7. The van der Waals surface area contributed by atoms with Gasteiger partial charge in [0, 0.05) is 37.2 Å². The Morgan fingerprint density at radius 3 is 1.15 bits per heavy atom. The molecule has 0 saturated heterocycles. The van der Waals surface area contributed by atoms with E-state index in [1.165, 1.54) is 11.1 Å². The lowest BCUT2D eigenvalue weighted by Crippen LogP contribution is -2.37. The second kappa shape index (κ2) is 15.3. The van der Waals surface area contributed by atoms with Gasteiger partial charge in [0.1, 0.15) is 11.5 Å². The quantitative estimate of drug-likeness (QED) is 0.156. The molecule has 4 aromatic carbocycles. The van der Waals surface area contributed by atoms with Gasteiger partial charge in [0.15, 0.2) is 0 Å². The minimum atomic E-state index is -0.339. The van der Waals surface area contributed by atoms with Gasteiger partial charge >= 0.3 is 0 Å². The van der Waals surface area contributed by atoms with E-state index in [-0.39, 0.29) is 23.7 Å². The molecule has 46 heavy (non-hydrogen) atoms. The van der Waals surface area contributed by atoms with Crippen molar-refractivity contribution in [2.75, 3.05) is 13.2 Å². The maximum absolute atomic E-state index is 11.7. The Kier molecular flexibility index (Phi) is 11.7. The second-order valence-corrected chi connectivity index (χ2v) is 14.1. The highest BCUT2D eigenvalue weighted by atomic mass is 16.5. The summed E-state index contributed by atoms with van der Waals surface area (Å²) in [7, 11) is 0. The molecule has 4 nitrogen and oxygen atoms in total. The lowest BCUT2D eigenvalue weighted by atomic mass is 9.89. The standard InChI is InChI=1S/C42H54O4/c1-25(2)23-45-37(21-33-13-11-15-35(41(33)43)39-29(7)17-27(5)18-30(39)8)38(46-24-26(3)4)22-34-14-12-16-36(42(34)44)40-31(9)19-28(6)20-32(40)10/h11-20,25-26,37-38,43-44H,21-24H2,1-10H3/t37-,38-/m1/s1. The molecular weight excluding hydrogens is 568 g/mol. The molecule has 0 aliphatic rings. The lowest BCUT2D eigenvalue weighted by Gasteiger charge is -2.30. The monoisotopic (exact) mass is 622 g/mol. The second-order valence-electron chi connectivity index (χ2n) is 14.1. The van der Waals surface area contributed by atoms with Crippen LogP contribution >= 0.6 is 0 Å². The topological polar surface area (TPSA) is 58.9 Å². The van der Waals surface area contributed by atoms with E-state index in [1.54, 1.807) is 0 Å². The van der Waals surface area contributed by atoms with Crippen LogP contribution in [-0.4, -0.2) is 35.6 Å². The highest BCUT2D eigenvalue weighted by Gasteiger charge is 2.28. The summed E-state index contributed by atoms with van der Waals surface area (Å²) in [5.74, 6) is 1.23. The summed E-state index contributed by atoms with van der Waals surface area (Å²) in [4.78, 5) is 0. The third-order valence-electron chi connectivity index (χ3n) is 8.68. The Hall–Kier alpha value is -3.60. The smallest absolute Gasteiger partial charge is 0.126 e. The zero-order valence-corrected chi connectivity index (χ0v) is 29.6. The van der Waals surface area contributed by atoms with Crippen molar-refractivity contribution in [3.63, 3.8) is 0 Å². The van der Waals surface area contributed by atoms with E-state index < -0.39 is 0 Å². The van der Waals surface area contributed by atoms with Crippen LogP contribution in [0.25, 0.3) is 22.3 Å². The number of rotatable bonds is 13. The molecule has 2 atom stereocenters. The zero-order valence-electron chi connectivity index (χ0n) is 29.6. The average Bonchev–Trinajstić information content (AvgIpc) is 2.95. The fourth-order valence-electron chi connectivity index (χ4n) is 6.79. The van der Waals surface area contributed by atoms with Crippen molar-refractivity contribution >= 4 is 0 Å². The van der Waals surface area contributed by atoms with Gasteiger partial charge < -0.3 is 19.7 Å². The van der Waals surface area contributed by atoms with Crippen molar-refractivity contribution < 1.29 is 19.7 Å². The van der Waals surface area contributed by atoms with Crippen LogP contribution in [0, 0.1) is 53.4 Å². The fourth-order valence-corrected chi connectivity index (χ4v) is 6.79. The van der Waals surface area contributed by atoms with Gasteiger partial charge in [0.25, 0.3) is 0 Å². The van der Waals surface area contributed by atoms with Crippen LogP contribution in [0.2, 0.25) is 0 Å². The molecule has 4 aromatic rings. The first kappa shape index (κ1) is 35.3. The largest absolute Gasteiger partial charge is 0.507 e. The number of aromatic hydroxyl groups is 2. The summed E-state index contributed by atoms with van der Waals surface area (Å²) in [5, 5.41) is 23.4. The summed E-state index contributed by atoms with van der Waals surface area (Å²) in [6, 6.07) is 20.7. The van der Waals surface area contributed by atoms with E-state index in [0.717, 1.165) is 55.6 Å². The minimum Gasteiger partial charge on any atom is -0.507 e. The van der Waals surface area contributed by atoms with Crippen LogP contribution in [-0.2, 0) is 22.3 Å². The molecule has 0 heterocycles. The van der Waals surface area contributed by atoms with Gasteiger partial charge in [-0.3, -0.25) is 0 Å². The summed E-state index contributed by atoms with van der Waals surface area (Å²) < 4.78 is 13.3. The molecule has 0 unspecified atom stereocenters. The van der Waals surface area contributed by atoms with Crippen LogP contribution in [0.5, 0.6) is 11.5 Å². The van der Waals surface area contributed by atoms with Gasteiger partial charge in [-0.15, -0.1) is 0 Å². The Morgan fingerprint density at radius 2 is 0.848 bits per heavy atom. The number of aryl methyl sites for hydroxylation is 6. The Bertz CT molecular complexity index is 1480. The molecular formula is C42H54O4. The Balaban J connectivity index is 1.75. The minimum absolute atomic E-state index is 0.286. The van der Waals surface area contributed by atoms with E-state index in [0.29, 0.717) is 37.9 Å². The summed E-state index contributed by atoms with van der Waals surface area (Å²) in [5.41, 5.74) is 12.5. The summed E-state index contributed by atoms with van der Waals surface area (Å²) >= 11 is 0. The number of ether oxygens (including phenoxy) is 2. The normalized spacial score (nSPS) is 13.0. The first-order chi connectivity index (χ1) is 21.8. The van der Waals surface area contributed by atoms with Gasteiger partial charge in [-0.2, -0.15) is 0 Å². The first-order valence-electron chi connectivity index (χ1n) is 16.8. The average molecular weight is 623 g/mol. The Morgan fingerprint density at radius 1 is 0.522 bits per heavy atom. The molecule has 4 heteroatoms. The third kappa shape index (κ3) is 8.40. The van der Waals surface area contributed by atoms with Crippen molar-refractivity contribution in [2.24, 2.45) is 11.8 Å². The number of hydrogen-bond donors (Lipinski definition) is 2. The van der Waals surface area contributed by atoms with E-state index in [4.69, 9.17) is 9.47 Å². The molecule has 0 amide bonds. The molecule has 246 valence electrons. The molecule has 0 spiro atoms. The molecule has 0 aromatic heterocycles. The van der Waals surface area contributed by atoms with Crippen molar-refractivity contribution in [1.29, 1.82) is 0 Å². The van der Waals surface area contributed by atoms with Gasteiger partial charge in [0.05, 0.1) is 12.2 Å². The van der Waals surface area contributed by atoms with Gasteiger partial charge in [-0.05, 0) is 97.9 Å². The molecule has 2 N–H and O–H groups in total. The predicted octanol–water partition coefficient (Wildman–Crippen LogP) is 10.1. The summed E-state index contributed by atoms with van der Waals surface area (Å²) in [6.07, 6.45) is 0.285. The number of para-hydroxylation sites is 2. The SMILES string of the molecule is Cc1cc(C)c(-c2cccc(C[C@@H](OCC(C)C)[C@@H](Cc3cccc(-c4c(C)cc(C)cc4C)c3O)OCC(C)C)c2O)c(C)c1. The lowest BCUT2D eigenvalue weighted by molar-refractivity contribution is -0.0842. The first-order valence-corrected chi connectivity index (χ1v) is 16.8. The fraction of sp³-hybridized carbons (Fsp3) is 0.429. The third-order valence-corrected chi connectivity index (χ3v) is 8.68. The highest BCUT2D eigenvalue weighted by molar-refractivity contribution is 5.78. The van der Waals surface area contributed by atoms with E-state index >= 15 is 0 Å². The molecule has 0 aliphatic heterocycles. The Labute approximate surface area is 277 Å². The van der Waals surface area contributed by atoms with Crippen LogP contribution in [0.15, 0.2) is 60.7 Å². The maximum Gasteiger partial charge on any atom is 0.126 e. The molecule has 0 aliphatic carbocycles. The van der Waals surface area contributed by atoms with Crippen molar-refractivity contribution in [3.05, 3.63) is 105 Å². The van der Waals surface area contributed by atoms with Gasteiger partial charge in [-0.25, -0.2) is 0 Å². The molecule has 0 fully saturated rings. The predicted molar refractivity (Wildman–Crippen MR) is 192 cm³/mol. The van der Waals surface area contributed by atoms with E-state index in [9.17, 15) is 10.2 Å². The van der Waals surface area contributed by atoms with Gasteiger partial charge in [-0.1, -0.05) is 99.5 Å². The number of phenols is 2. The van der Waals surface area contributed by atoms with Crippen LogP contribution in [0.3, 0.4) is 0 Å². The number of hydrogen-bond acceptors (Lipinski definition) is 4. The zero-order chi connectivity index (χ0) is 33.7. The van der Waals surface area contributed by atoms with Crippen molar-refractivity contribution in [3.8, 4) is 33.8 Å². The number of benzene rings is 4. The van der Waals surface area contributed by atoms with E-state index in [1.807, 2.05) is 36.4 Å². The molecule has 0 saturated carbocycles. The molecule has 4 rings (SSSR count). The highest BCUT2D eigenvalue weighted by Crippen LogP contribution is 2.40. The summed E-state index contributed by atoms with van der Waals surface area (Å²) in [6.45, 7) is 22.3.